The fourth-order valence-corrected chi connectivity index (χ4v) is 2.97. The highest BCUT2D eigenvalue weighted by molar-refractivity contribution is 7.99. The van der Waals surface area contributed by atoms with Crippen LogP contribution in [0.5, 0.6) is 0 Å². The molecule has 0 unspecified atom stereocenters. The highest BCUT2D eigenvalue weighted by atomic mass is 32.2. The van der Waals surface area contributed by atoms with Crippen molar-refractivity contribution in [3.63, 3.8) is 0 Å². The van der Waals surface area contributed by atoms with Crippen LogP contribution in [0.4, 0.5) is 11.4 Å². The molecule has 0 aliphatic heterocycles. The molecule has 24 heavy (non-hydrogen) atoms. The van der Waals surface area contributed by atoms with Crippen molar-refractivity contribution < 1.29 is 14.1 Å². The minimum atomic E-state index is -0.498. The molecule has 3 aromatic rings. The molecule has 0 radical (unpaired) electrons. The van der Waals surface area contributed by atoms with E-state index in [0.29, 0.717) is 16.8 Å². The Labute approximate surface area is 144 Å². The molecule has 0 aliphatic carbocycles. The van der Waals surface area contributed by atoms with E-state index in [1.165, 1.54) is 35.6 Å². The number of non-ortho nitro benzene ring substituents is 1. The van der Waals surface area contributed by atoms with Crippen molar-refractivity contribution in [2.24, 2.45) is 0 Å². The Balaban J connectivity index is 1.53. The van der Waals surface area contributed by atoms with Gasteiger partial charge in [0.25, 0.3) is 16.8 Å². The van der Waals surface area contributed by atoms with Gasteiger partial charge in [-0.2, -0.15) is 0 Å². The third-order valence-electron chi connectivity index (χ3n) is 2.83. The van der Waals surface area contributed by atoms with E-state index in [2.05, 4.69) is 15.5 Å². The third-order valence-corrected chi connectivity index (χ3v) is 4.50. The summed E-state index contributed by atoms with van der Waals surface area (Å²) >= 11 is 2.60. The smallest absolute Gasteiger partial charge is 0.277 e. The lowest BCUT2D eigenvalue weighted by molar-refractivity contribution is -0.384. The van der Waals surface area contributed by atoms with E-state index in [9.17, 15) is 14.9 Å². The highest BCUT2D eigenvalue weighted by Crippen LogP contribution is 2.26. The number of benzene rings is 1. The zero-order valence-corrected chi connectivity index (χ0v) is 13.7. The van der Waals surface area contributed by atoms with Crippen LogP contribution in [0.15, 0.2) is 51.4 Å². The number of hydrogen-bond acceptors (Lipinski definition) is 8. The number of amides is 1. The van der Waals surface area contributed by atoms with Crippen molar-refractivity contribution >= 4 is 40.4 Å². The Kier molecular flexibility index (Phi) is 4.87. The summed E-state index contributed by atoms with van der Waals surface area (Å²) in [6, 6.07) is 9.36. The molecule has 0 bridgehead atoms. The molecular formula is C14H10N4O4S2. The minimum Gasteiger partial charge on any atom is -0.410 e. The Hall–Kier alpha value is -2.72. The molecule has 0 saturated heterocycles. The lowest BCUT2D eigenvalue weighted by Gasteiger charge is -2.03. The van der Waals surface area contributed by atoms with Gasteiger partial charge in [0.05, 0.1) is 15.6 Å². The normalized spacial score (nSPS) is 10.5. The predicted octanol–water partition coefficient (Wildman–Crippen LogP) is 3.44. The number of carbonyl (C=O) groups excluding carboxylic acids is 1. The van der Waals surface area contributed by atoms with Gasteiger partial charge in [0.1, 0.15) is 0 Å². The first-order valence-corrected chi connectivity index (χ1v) is 8.53. The van der Waals surface area contributed by atoms with E-state index in [1.54, 1.807) is 0 Å². The second-order valence-corrected chi connectivity index (χ2v) is 6.37. The number of nitrogens with zero attached hydrogens (tertiary/aromatic N) is 3. The topological polar surface area (TPSA) is 111 Å². The maximum absolute atomic E-state index is 11.9. The largest absolute Gasteiger partial charge is 0.410 e. The number of nitro groups is 1. The van der Waals surface area contributed by atoms with Crippen LogP contribution >= 0.6 is 23.1 Å². The van der Waals surface area contributed by atoms with Crippen LogP contribution in [0.2, 0.25) is 0 Å². The highest BCUT2D eigenvalue weighted by Gasteiger charge is 2.12. The van der Waals surface area contributed by atoms with Crippen LogP contribution in [0, 0.1) is 10.1 Å². The van der Waals surface area contributed by atoms with Gasteiger partial charge in [-0.25, -0.2) is 0 Å². The Morgan fingerprint density at radius 3 is 2.75 bits per heavy atom. The fourth-order valence-electron chi connectivity index (χ4n) is 1.76. The van der Waals surface area contributed by atoms with Crippen LogP contribution < -0.4 is 5.32 Å². The number of hydrogen-bond donors (Lipinski definition) is 1. The van der Waals surface area contributed by atoms with E-state index in [0.717, 1.165) is 16.6 Å². The van der Waals surface area contributed by atoms with Gasteiger partial charge < -0.3 is 9.73 Å². The van der Waals surface area contributed by atoms with Crippen molar-refractivity contribution in [2.75, 3.05) is 11.1 Å². The molecule has 10 heteroatoms. The molecule has 0 atom stereocenters. The van der Waals surface area contributed by atoms with E-state index in [1.807, 2.05) is 17.5 Å². The van der Waals surface area contributed by atoms with Crippen LogP contribution in [0.3, 0.4) is 0 Å². The number of rotatable bonds is 6. The van der Waals surface area contributed by atoms with Crippen molar-refractivity contribution in [1.82, 2.24) is 10.2 Å². The average Bonchev–Trinajstić information content (AvgIpc) is 3.25. The molecule has 1 aromatic carbocycles. The van der Waals surface area contributed by atoms with E-state index in [-0.39, 0.29) is 17.3 Å². The number of nitrogens with one attached hydrogen (secondary N) is 1. The zero-order chi connectivity index (χ0) is 16.9. The standard InChI is InChI=1S/C14H10N4O4S2/c19-12(15-9-3-5-10(6-4-9)18(20)21)8-24-14-17-16-13(22-14)11-2-1-7-23-11/h1-7H,8H2,(H,15,19). The molecule has 0 aliphatic rings. The molecule has 1 amide bonds. The summed E-state index contributed by atoms with van der Waals surface area (Å²) in [5.41, 5.74) is 0.449. The Bertz CT molecular complexity index is 846. The fraction of sp³-hybridized carbons (Fsp3) is 0.0714. The van der Waals surface area contributed by atoms with Gasteiger partial charge in [0, 0.05) is 17.8 Å². The van der Waals surface area contributed by atoms with Crippen molar-refractivity contribution in [3.05, 3.63) is 51.9 Å². The lowest BCUT2D eigenvalue weighted by Crippen LogP contribution is -2.13. The maximum Gasteiger partial charge on any atom is 0.277 e. The van der Waals surface area contributed by atoms with Crippen molar-refractivity contribution in [1.29, 1.82) is 0 Å². The monoisotopic (exact) mass is 362 g/mol. The van der Waals surface area contributed by atoms with Gasteiger partial charge in [0.15, 0.2) is 0 Å². The molecule has 2 heterocycles. The maximum atomic E-state index is 11.9. The SMILES string of the molecule is O=C(CSc1nnc(-c2cccs2)o1)Nc1ccc([N+](=O)[O-])cc1. The van der Waals surface area contributed by atoms with E-state index >= 15 is 0 Å². The molecule has 3 rings (SSSR count). The quantitative estimate of drug-likeness (QED) is 0.406. The third kappa shape index (κ3) is 3.97. The summed E-state index contributed by atoms with van der Waals surface area (Å²) in [4.78, 5) is 22.8. The van der Waals surface area contributed by atoms with Gasteiger partial charge >= 0.3 is 0 Å². The van der Waals surface area contributed by atoms with Gasteiger partial charge in [0.2, 0.25) is 5.91 Å². The van der Waals surface area contributed by atoms with Crippen LogP contribution in [0.25, 0.3) is 10.8 Å². The summed E-state index contributed by atoms with van der Waals surface area (Å²) in [6.45, 7) is 0. The number of anilines is 1. The second-order valence-electron chi connectivity index (χ2n) is 4.49. The first-order valence-electron chi connectivity index (χ1n) is 6.66. The first-order chi connectivity index (χ1) is 11.6. The Morgan fingerprint density at radius 1 is 1.29 bits per heavy atom. The molecule has 1 N–H and O–H groups in total. The van der Waals surface area contributed by atoms with Crippen LogP contribution in [0.1, 0.15) is 0 Å². The molecule has 122 valence electrons. The number of carbonyl (C=O) groups is 1. The second kappa shape index (κ2) is 7.23. The summed E-state index contributed by atoms with van der Waals surface area (Å²) in [5, 5.41) is 23.2. The summed E-state index contributed by atoms with van der Waals surface area (Å²) in [5.74, 6) is 0.233. The van der Waals surface area contributed by atoms with Crippen LogP contribution in [-0.2, 0) is 4.79 Å². The molecule has 0 fully saturated rings. The summed E-state index contributed by atoms with van der Waals surface area (Å²) in [6.07, 6.45) is 0. The first kappa shape index (κ1) is 16.1. The predicted molar refractivity (Wildman–Crippen MR) is 90.1 cm³/mol. The van der Waals surface area contributed by atoms with Gasteiger partial charge in [-0.3, -0.25) is 14.9 Å². The molecule has 0 saturated carbocycles. The number of thiophene rings is 1. The Morgan fingerprint density at radius 2 is 2.08 bits per heavy atom. The van der Waals surface area contributed by atoms with Gasteiger partial charge in [-0.1, -0.05) is 17.8 Å². The van der Waals surface area contributed by atoms with Crippen molar-refractivity contribution in [3.8, 4) is 10.8 Å². The molecule has 0 spiro atoms. The molecular weight excluding hydrogens is 352 g/mol. The van der Waals surface area contributed by atoms with Crippen molar-refractivity contribution in [2.45, 2.75) is 5.22 Å². The summed E-state index contributed by atoms with van der Waals surface area (Å²) < 4.78 is 5.47. The lowest BCUT2D eigenvalue weighted by atomic mass is 10.3. The molecule has 2 aromatic heterocycles. The zero-order valence-electron chi connectivity index (χ0n) is 12.0. The number of nitro benzene ring substituents is 1. The van der Waals surface area contributed by atoms with Gasteiger partial charge in [-0.05, 0) is 23.6 Å². The minimum absolute atomic E-state index is 0.0330. The summed E-state index contributed by atoms with van der Waals surface area (Å²) in [7, 11) is 0. The van der Waals surface area contributed by atoms with Crippen LogP contribution in [-0.4, -0.2) is 26.8 Å². The van der Waals surface area contributed by atoms with E-state index in [4.69, 9.17) is 4.42 Å². The average molecular weight is 362 g/mol. The molecule has 8 nitrogen and oxygen atoms in total. The van der Waals surface area contributed by atoms with Gasteiger partial charge in [-0.15, -0.1) is 21.5 Å². The number of thioether (sulfide) groups is 1. The number of aromatic nitrogens is 2. The van der Waals surface area contributed by atoms with E-state index < -0.39 is 4.92 Å².